The number of anilines is 1. The first kappa shape index (κ1) is 21.0. The predicted molar refractivity (Wildman–Crippen MR) is 131 cm³/mol. The number of ether oxygens (including phenoxy) is 1. The van der Waals surface area contributed by atoms with Gasteiger partial charge in [0.1, 0.15) is 5.75 Å². The van der Waals surface area contributed by atoms with E-state index in [4.69, 9.17) is 4.74 Å². The maximum Gasteiger partial charge on any atom is 0.266 e. The minimum absolute atomic E-state index is 0.253. The Morgan fingerprint density at radius 3 is 1.83 bits per heavy atom. The van der Waals surface area contributed by atoms with E-state index in [9.17, 15) is 19.2 Å². The van der Waals surface area contributed by atoms with E-state index in [0.717, 1.165) is 4.90 Å². The van der Waals surface area contributed by atoms with Gasteiger partial charge in [0, 0.05) is 50.3 Å². The molecule has 6 rings (SSSR count). The SMILES string of the molecule is CCOc1ccc2c3c(cccc13)C(=O)N(c1ccc3c4c(cccc14)C(=O)N(CC)C3=O)C2=O. The quantitative estimate of drug-likeness (QED) is 0.405. The Labute approximate surface area is 200 Å². The van der Waals surface area contributed by atoms with Crippen molar-refractivity contribution in [3.63, 3.8) is 0 Å². The monoisotopic (exact) mass is 464 g/mol. The van der Waals surface area contributed by atoms with Gasteiger partial charge in [-0.3, -0.25) is 24.1 Å². The van der Waals surface area contributed by atoms with E-state index in [1.165, 1.54) is 4.90 Å². The molecule has 7 nitrogen and oxygen atoms in total. The van der Waals surface area contributed by atoms with Crippen molar-refractivity contribution in [2.45, 2.75) is 13.8 Å². The minimum Gasteiger partial charge on any atom is -0.493 e. The van der Waals surface area contributed by atoms with Crippen LogP contribution in [0.5, 0.6) is 5.75 Å². The summed E-state index contributed by atoms with van der Waals surface area (Å²) in [4.78, 5) is 55.8. The lowest BCUT2D eigenvalue weighted by Crippen LogP contribution is -2.42. The van der Waals surface area contributed by atoms with Gasteiger partial charge in [-0.1, -0.05) is 24.3 Å². The first-order valence-electron chi connectivity index (χ1n) is 11.5. The van der Waals surface area contributed by atoms with Crippen molar-refractivity contribution in [3.05, 3.63) is 82.9 Å². The van der Waals surface area contributed by atoms with Crippen LogP contribution in [-0.4, -0.2) is 41.7 Å². The molecule has 2 heterocycles. The lowest BCUT2D eigenvalue weighted by atomic mass is 9.90. The summed E-state index contributed by atoms with van der Waals surface area (Å²) < 4.78 is 5.72. The van der Waals surface area contributed by atoms with Crippen molar-refractivity contribution in [2.24, 2.45) is 0 Å². The summed E-state index contributed by atoms with van der Waals surface area (Å²) in [6.45, 7) is 4.33. The van der Waals surface area contributed by atoms with Gasteiger partial charge < -0.3 is 4.74 Å². The number of benzene rings is 4. The van der Waals surface area contributed by atoms with Gasteiger partial charge in [0.15, 0.2) is 0 Å². The maximum atomic E-state index is 13.7. The molecule has 0 saturated heterocycles. The second-order valence-corrected chi connectivity index (χ2v) is 8.43. The van der Waals surface area contributed by atoms with Crippen LogP contribution < -0.4 is 9.64 Å². The first-order valence-corrected chi connectivity index (χ1v) is 11.5. The fourth-order valence-electron chi connectivity index (χ4n) is 5.18. The molecule has 0 unspecified atom stereocenters. The third-order valence-corrected chi connectivity index (χ3v) is 6.69. The Balaban J connectivity index is 1.59. The predicted octanol–water partition coefficient (Wildman–Crippen LogP) is 4.81. The molecule has 7 heteroatoms. The molecule has 0 radical (unpaired) electrons. The van der Waals surface area contributed by atoms with Gasteiger partial charge in [-0.15, -0.1) is 0 Å². The highest BCUT2D eigenvalue weighted by molar-refractivity contribution is 6.38. The second-order valence-electron chi connectivity index (χ2n) is 8.43. The fraction of sp³-hybridized carbons (Fsp3) is 0.143. The zero-order valence-corrected chi connectivity index (χ0v) is 19.1. The molecule has 0 saturated carbocycles. The molecule has 172 valence electrons. The summed E-state index contributed by atoms with van der Waals surface area (Å²) >= 11 is 0. The number of rotatable bonds is 4. The molecule has 4 aromatic rings. The van der Waals surface area contributed by atoms with Crippen molar-refractivity contribution in [3.8, 4) is 5.75 Å². The average molecular weight is 464 g/mol. The molecule has 2 aliphatic heterocycles. The Kier molecular flexibility index (Phi) is 4.51. The summed E-state index contributed by atoms with van der Waals surface area (Å²) in [5.41, 5.74) is 1.87. The van der Waals surface area contributed by atoms with Crippen molar-refractivity contribution in [1.82, 2.24) is 4.90 Å². The standard InChI is InChI=1S/C28H20N2O5/c1-3-29-25(31)17-9-5-7-15-21(13-11-19(23(15)17)26(29)32)30-27(33)18-10-6-8-16-22(35-4-2)14-12-20(24(16)18)28(30)34/h5-14H,3-4H2,1-2H3. The van der Waals surface area contributed by atoms with Gasteiger partial charge in [0.25, 0.3) is 23.6 Å². The highest BCUT2D eigenvalue weighted by Crippen LogP contribution is 2.41. The molecular formula is C28H20N2O5. The number of hydrogen-bond acceptors (Lipinski definition) is 5. The van der Waals surface area contributed by atoms with Gasteiger partial charge in [-0.25, -0.2) is 4.90 Å². The molecule has 0 N–H and O–H groups in total. The molecule has 35 heavy (non-hydrogen) atoms. The lowest BCUT2D eigenvalue weighted by Gasteiger charge is -2.31. The number of imide groups is 2. The average Bonchev–Trinajstić information content (AvgIpc) is 2.87. The van der Waals surface area contributed by atoms with E-state index in [1.807, 2.05) is 13.0 Å². The second kappa shape index (κ2) is 7.50. The number of amides is 4. The molecule has 0 aliphatic carbocycles. The topological polar surface area (TPSA) is 84.0 Å². The molecule has 0 atom stereocenters. The van der Waals surface area contributed by atoms with Crippen LogP contribution in [0.1, 0.15) is 55.3 Å². The molecule has 0 aromatic heterocycles. The van der Waals surface area contributed by atoms with E-state index in [2.05, 4.69) is 0 Å². The van der Waals surface area contributed by atoms with Crippen LogP contribution in [-0.2, 0) is 0 Å². The van der Waals surface area contributed by atoms with Gasteiger partial charge in [-0.2, -0.15) is 0 Å². The Morgan fingerprint density at radius 1 is 0.629 bits per heavy atom. The van der Waals surface area contributed by atoms with Crippen LogP contribution >= 0.6 is 0 Å². The van der Waals surface area contributed by atoms with Crippen molar-refractivity contribution in [1.29, 1.82) is 0 Å². The minimum atomic E-state index is -0.467. The summed E-state index contributed by atoms with van der Waals surface area (Å²) in [7, 11) is 0. The van der Waals surface area contributed by atoms with Crippen LogP contribution in [0.2, 0.25) is 0 Å². The molecule has 0 bridgehead atoms. The van der Waals surface area contributed by atoms with Gasteiger partial charge in [0.05, 0.1) is 12.3 Å². The Hall–Kier alpha value is -4.52. The molecule has 2 aliphatic rings. The van der Waals surface area contributed by atoms with E-state index in [1.54, 1.807) is 61.5 Å². The smallest absolute Gasteiger partial charge is 0.266 e. The normalized spacial score (nSPS) is 14.9. The summed E-state index contributed by atoms with van der Waals surface area (Å²) in [6.07, 6.45) is 0. The van der Waals surface area contributed by atoms with E-state index >= 15 is 0 Å². The fourth-order valence-corrected chi connectivity index (χ4v) is 5.18. The molecular weight excluding hydrogens is 444 g/mol. The summed E-state index contributed by atoms with van der Waals surface area (Å²) in [5, 5.41) is 2.23. The van der Waals surface area contributed by atoms with E-state index in [0.29, 0.717) is 61.8 Å². The van der Waals surface area contributed by atoms with Crippen molar-refractivity contribution < 1.29 is 23.9 Å². The maximum absolute atomic E-state index is 13.7. The largest absolute Gasteiger partial charge is 0.493 e. The van der Waals surface area contributed by atoms with Crippen LogP contribution in [0.3, 0.4) is 0 Å². The van der Waals surface area contributed by atoms with Crippen molar-refractivity contribution in [2.75, 3.05) is 18.1 Å². The highest BCUT2D eigenvalue weighted by atomic mass is 16.5. The van der Waals surface area contributed by atoms with Gasteiger partial charge in [0.2, 0.25) is 0 Å². The van der Waals surface area contributed by atoms with E-state index in [-0.39, 0.29) is 18.4 Å². The van der Waals surface area contributed by atoms with Gasteiger partial charge >= 0.3 is 0 Å². The van der Waals surface area contributed by atoms with E-state index < -0.39 is 11.8 Å². The number of carbonyl (C=O) groups is 4. The van der Waals surface area contributed by atoms with Gasteiger partial charge in [-0.05, 0) is 50.2 Å². The summed E-state index contributed by atoms with van der Waals surface area (Å²) in [5.74, 6) is -1.09. The van der Waals surface area contributed by atoms with Crippen LogP contribution in [0, 0.1) is 0 Å². The zero-order chi connectivity index (χ0) is 24.4. The molecule has 4 amide bonds. The number of nitrogens with zero attached hydrogens (tertiary/aromatic N) is 2. The van der Waals surface area contributed by atoms with Crippen LogP contribution in [0.15, 0.2) is 60.7 Å². The van der Waals surface area contributed by atoms with Crippen LogP contribution in [0.25, 0.3) is 21.5 Å². The third kappa shape index (κ3) is 2.72. The summed E-state index contributed by atoms with van der Waals surface area (Å²) in [6, 6.07) is 17.0. The highest BCUT2D eigenvalue weighted by Gasteiger charge is 2.38. The zero-order valence-electron chi connectivity index (χ0n) is 19.1. The van der Waals surface area contributed by atoms with Crippen molar-refractivity contribution >= 4 is 50.9 Å². The Morgan fingerprint density at radius 2 is 1.17 bits per heavy atom. The molecule has 0 spiro atoms. The van der Waals surface area contributed by atoms with Crippen LogP contribution in [0.4, 0.5) is 5.69 Å². The lowest BCUT2D eigenvalue weighted by molar-refractivity contribution is 0.0619. The first-order chi connectivity index (χ1) is 17.0. The Bertz CT molecular complexity index is 1590. The number of hydrogen-bond donors (Lipinski definition) is 0. The third-order valence-electron chi connectivity index (χ3n) is 6.69. The molecule has 4 aromatic carbocycles. The number of carbonyl (C=O) groups excluding carboxylic acids is 4. The molecule has 0 fully saturated rings.